The van der Waals surface area contributed by atoms with Gasteiger partial charge in [-0.3, -0.25) is 4.79 Å². The predicted molar refractivity (Wildman–Crippen MR) is 70.7 cm³/mol. The number of carbonyl (C=O) groups excluding carboxylic acids is 1. The third-order valence-corrected chi connectivity index (χ3v) is 3.54. The molecule has 3 N–H and O–H groups in total. The molecule has 0 radical (unpaired) electrons. The molecular formula is C11H14BrClN2O. The first-order valence-corrected chi connectivity index (χ1v) is 6.23. The number of amides is 1. The van der Waals surface area contributed by atoms with Crippen molar-refractivity contribution in [3.05, 3.63) is 27.7 Å². The Kier molecular flexibility index (Phi) is 5.25. The van der Waals surface area contributed by atoms with Crippen LogP contribution >= 0.6 is 27.5 Å². The van der Waals surface area contributed by atoms with E-state index in [0.29, 0.717) is 21.6 Å². The maximum Gasteiger partial charge on any atom is 0.241 e. The van der Waals surface area contributed by atoms with E-state index < -0.39 is 6.04 Å². The molecule has 0 aromatic heterocycles. The minimum Gasteiger partial charge on any atom is -0.324 e. The molecule has 0 aliphatic carbocycles. The van der Waals surface area contributed by atoms with Crippen molar-refractivity contribution in [1.29, 1.82) is 0 Å². The van der Waals surface area contributed by atoms with E-state index in [2.05, 4.69) is 21.2 Å². The first-order chi connectivity index (χ1) is 7.56. The lowest BCUT2D eigenvalue weighted by Crippen LogP contribution is -2.35. The SMILES string of the molecule is CCC[C@@H](N)C(=O)Nc1cccc(Cl)c1Br. The highest BCUT2D eigenvalue weighted by molar-refractivity contribution is 9.10. The summed E-state index contributed by atoms with van der Waals surface area (Å²) in [4.78, 5) is 11.7. The number of rotatable bonds is 4. The van der Waals surface area contributed by atoms with Crippen molar-refractivity contribution in [2.75, 3.05) is 5.32 Å². The van der Waals surface area contributed by atoms with E-state index >= 15 is 0 Å². The highest BCUT2D eigenvalue weighted by Crippen LogP contribution is 2.30. The molecule has 0 saturated heterocycles. The van der Waals surface area contributed by atoms with E-state index in [1.807, 2.05) is 6.92 Å². The van der Waals surface area contributed by atoms with Crippen molar-refractivity contribution in [1.82, 2.24) is 0 Å². The van der Waals surface area contributed by atoms with Gasteiger partial charge < -0.3 is 11.1 Å². The Morgan fingerprint density at radius 3 is 2.94 bits per heavy atom. The zero-order valence-corrected chi connectivity index (χ0v) is 11.3. The second-order valence-electron chi connectivity index (χ2n) is 3.49. The third kappa shape index (κ3) is 3.47. The molecule has 1 rings (SSSR count). The Morgan fingerprint density at radius 1 is 1.62 bits per heavy atom. The van der Waals surface area contributed by atoms with Crippen LogP contribution in [0.5, 0.6) is 0 Å². The van der Waals surface area contributed by atoms with Crippen LogP contribution in [0.3, 0.4) is 0 Å². The fourth-order valence-electron chi connectivity index (χ4n) is 1.27. The fraction of sp³-hybridized carbons (Fsp3) is 0.364. The maximum atomic E-state index is 11.7. The van der Waals surface area contributed by atoms with Crippen LogP contribution in [0.4, 0.5) is 5.69 Å². The van der Waals surface area contributed by atoms with Crippen LogP contribution < -0.4 is 11.1 Å². The lowest BCUT2D eigenvalue weighted by atomic mass is 10.1. The molecule has 0 bridgehead atoms. The monoisotopic (exact) mass is 304 g/mol. The molecule has 0 aliphatic rings. The van der Waals surface area contributed by atoms with Crippen LogP contribution in [0, 0.1) is 0 Å². The topological polar surface area (TPSA) is 55.1 Å². The third-order valence-electron chi connectivity index (χ3n) is 2.15. The van der Waals surface area contributed by atoms with Gasteiger partial charge >= 0.3 is 0 Å². The van der Waals surface area contributed by atoms with Crippen LogP contribution in [-0.2, 0) is 4.79 Å². The van der Waals surface area contributed by atoms with Crippen LogP contribution in [0.2, 0.25) is 5.02 Å². The number of nitrogens with one attached hydrogen (secondary N) is 1. The van der Waals surface area contributed by atoms with Gasteiger partial charge in [0.05, 0.1) is 21.2 Å². The van der Waals surface area contributed by atoms with Gasteiger partial charge in [0.1, 0.15) is 0 Å². The molecule has 3 nitrogen and oxygen atoms in total. The van der Waals surface area contributed by atoms with E-state index in [0.717, 1.165) is 6.42 Å². The molecule has 0 aliphatic heterocycles. The Balaban J connectivity index is 2.73. The van der Waals surface area contributed by atoms with Crippen molar-refractivity contribution >= 4 is 39.1 Å². The Morgan fingerprint density at radius 2 is 2.31 bits per heavy atom. The summed E-state index contributed by atoms with van der Waals surface area (Å²) in [7, 11) is 0. The fourth-order valence-corrected chi connectivity index (χ4v) is 1.81. The van der Waals surface area contributed by atoms with Gasteiger partial charge in [-0.15, -0.1) is 0 Å². The summed E-state index contributed by atoms with van der Waals surface area (Å²) in [5, 5.41) is 3.30. The normalized spacial score (nSPS) is 12.2. The van der Waals surface area contributed by atoms with Crippen LogP contribution in [0.25, 0.3) is 0 Å². The molecule has 0 heterocycles. The largest absolute Gasteiger partial charge is 0.324 e. The van der Waals surface area contributed by atoms with Gasteiger partial charge in [-0.1, -0.05) is 31.0 Å². The Labute approximate surface area is 108 Å². The van der Waals surface area contributed by atoms with Gasteiger partial charge in [-0.25, -0.2) is 0 Å². The zero-order valence-electron chi connectivity index (χ0n) is 8.97. The molecule has 0 saturated carbocycles. The number of carbonyl (C=O) groups is 1. The quantitative estimate of drug-likeness (QED) is 0.897. The molecule has 1 atom stereocenters. The molecule has 0 unspecified atom stereocenters. The van der Waals surface area contributed by atoms with E-state index in [1.165, 1.54) is 0 Å². The molecule has 1 aromatic rings. The molecule has 5 heteroatoms. The van der Waals surface area contributed by atoms with E-state index in [1.54, 1.807) is 18.2 Å². The molecule has 0 fully saturated rings. The highest BCUT2D eigenvalue weighted by atomic mass is 79.9. The molecular weight excluding hydrogens is 291 g/mol. The number of benzene rings is 1. The summed E-state index contributed by atoms with van der Waals surface area (Å²) >= 11 is 9.22. The summed E-state index contributed by atoms with van der Waals surface area (Å²) in [6.45, 7) is 1.99. The van der Waals surface area contributed by atoms with Gasteiger partial charge in [0.2, 0.25) is 5.91 Å². The standard InChI is InChI=1S/C11H14BrClN2O/c1-2-4-8(14)11(16)15-9-6-3-5-7(13)10(9)12/h3,5-6,8H,2,4,14H2,1H3,(H,15,16)/t8-/m1/s1. The second kappa shape index (κ2) is 6.23. The van der Waals surface area contributed by atoms with E-state index in [-0.39, 0.29) is 5.91 Å². The van der Waals surface area contributed by atoms with Crippen LogP contribution in [0.1, 0.15) is 19.8 Å². The lowest BCUT2D eigenvalue weighted by molar-refractivity contribution is -0.117. The van der Waals surface area contributed by atoms with Crippen LogP contribution in [-0.4, -0.2) is 11.9 Å². The van der Waals surface area contributed by atoms with Gasteiger partial charge in [0.15, 0.2) is 0 Å². The summed E-state index contributed by atoms with van der Waals surface area (Å²) in [5.74, 6) is -0.190. The zero-order chi connectivity index (χ0) is 12.1. The van der Waals surface area contributed by atoms with Crippen molar-refractivity contribution in [3.63, 3.8) is 0 Å². The van der Waals surface area contributed by atoms with Gasteiger partial charge in [-0.05, 0) is 34.5 Å². The minimum absolute atomic E-state index is 0.190. The number of halogens is 2. The number of nitrogens with two attached hydrogens (primary N) is 1. The van der Waals surface area contributed by atoms with Gasteiger partial charge in [0, 0.05) is 0 Å². The summed E-state index contributed by atoms with van der Waals surface area (Å²) < 4.78 is 0.675. The Bertz CT molecular complexity index is 384. The highest BCUT2D eigenvalue weighted by Gasteiger charge is 2.14. The molecule has 16 heavy (non-hydrogen) atoms. The first-order valence-electron chi connectivity index (χ1n) is 5.06. The second-order valence-corrected chi connectivity index (χ2v) is 4.69. The van der Waals surface area contributed by atoms with Crippen molar-refractivity contribution < 1.29 is 4.79 Å². The smallest absolute Gasteiger partial charge is 0.241 e. The maximum absolute atomic E-state index is 11.7. The minimum atomic E-state index is -0.476. The molecule has 0 spiro atoms. The Hall–Kier alpha value is -0.580. The molecule has 1 aromatic carbocycles. The van der Waals surface area contributed by atoms with Crippen molar-refractivity contribution in [2.45, 2.75) is 25.8 Å². The summed E-state index contributed by atoms with van der Waals surface area (Å²) in [6.07, 6.45) is 1.55. The number of anilines is 1. The van der Waals surface area contributed by atoms with Gasteiger partial charge in [-0.2, -0.15) is 0 Å². The number of hydrogen-bond acceptors (Lipinski definition) is 2. The van der Waals surface area contributed by atoms with Crippen molar-refractivity contribution in [2.24, 2.45) is 5.73 Å². The average molecular weight is 306 g/mol. The van der Waals surface area contributed by atoms with E-state index in [4.69, 9.17) is 17.3 Å². The first kappa shape index (κ1) is 13.5. The molecule has 88 valence electrons. The summed E-state index contributed by atoms with van der Waals surface area (Å²) in [6, 6.07) is 4.81. The van der Waals surface area contributed by atoms with Gasteiger partial charge in [0.25, 0.3) is 0 Å². The average Bonchev–Trinajstić information content (AvgIpc) is 2.25. The van der Waals surface area contributed by atoms with Crippen LogP contribution in [0.15, 0.2) is 22.7 Å². The number of hydrogen-bond donors (Lipinski definition) is 2. The summed E-state index contributed by atoms with van der Waals surface area (Å²) in [5.41, 5.74) is 6.35. The predicted octanol–water partition coefficient (Wildman–Crippen LogP) is 3.17. The molecule has 1 amide bonds. The van der Waals surface area contributed by atoms with E-state index in [9.17, 15) is 4.79 Å². The lowest BCUT2D eigenvalue weighted by Gasteiger charge is -2.12. The van der Waals surface area contributed by atoms with Crippen molar-refractivity contribution in [3.8, 4) is 0 Å².